The van der Waals surface area contributed by atoms with E-state index in [9.17, 15) is 12.8 Å². The molecule has 4 rings (SSSR count). The van der Waals surface area contributed by atoms with Crippen LogP contribution in [0, 0.1) is 19.7 Å². The van der Waals surface area contributed by atoms with Crippen LogP contribution in [0.2, 0.25) is 0 Å². The highest BCUT2D eigenvalue weighted by atomic mass is 32.2. The van der Waals surface area contributed by atoms with Crippen LogP contribution in [0.4, 0.5) is 4.39 Å². The van der Waals surface area contributed by atoms with Crippen LogP contribution in [-0.2, 0) is 16.6 Å². The molecule has 0 aliphatic carbocycles. The number of halogens is 1. The first-order valence-electron chi connectivity index (χ1n) is 9.20. The van der Waals surface area contributed by atoms with E-state index in [0.717, 1.165) is 5.69 Å². The molecule has 10 heteroatoms. The molecule has 29 heavy (non-hydrogen) atoms. The fourth-order valence-electron chi connectivity index (χ4n) is 3.43. The van der Waals surface area contributed by atoms with Crippen LogP contribution >= 0.6 is 0 Å². The SMILES string of the molecule is Cc1noc(C)c1S(=O)(=O)N1CCN(Cc2coc(-c3ccc(F)cc3)n2)CC1. The Hall–Kier alpha value is -2.56. The first kappa shape index (κ1) is 19.7. The van der Waals surface area contributed by atoms with Crippen molar-refractivity contribution in [3.63, 3.8) is 0 Å². The van der Waals surface area contributed by atoms with Crippen molar-refractivity contribution < 1.29 is 21.7 Å². The van der Waals surface area contributed by atoms with Gasteiger partial charge in [0.2, 0.25) is 15.9 Å². The van der Waals surface area contributed by atoms with Crippen molar-refractivity contribution in [2.75, 3.05) is 26.2 Å². The van der Waals surface area contributed by atoms with Gasteiger partial charge in [-0.25, -0.2) is 17.8 Å². The van der Waals surface area contributed by atoms with E-state index in [2.05, 4.69) is 15.0 Å². The second-order valence-corrected chi connectivity index (χ2v) is 8.86. The fourth-order valence-corrected chi connectivity index (χ4v) is 5.15. The van der Waals surface area contributed by atoms with E-state index in [1.54, 1.807) is 32.2 Å². The number of rotatable bonds is 5. The molecule has 0 saturated carbocycles. The Balaban J connectivity index is 1.39. The van der Waals surface area contributed by atoms with Gasteiger partial charge < -0.3 is 8.94 Å². The van der Waals surface area contributed by atoms with Gasteiger partial charge in [-0.1, -0.05) is 5.16 Å². The Labute approximate surface area is 168 Å². The zero-order chi connectivity index (χ0) is 20.6. The normalized spacial score (nSPS) is 16.4. The van der Waals surface area contributed by atoms with Gasteiger partial charge in [0.25, 0.3) is 0 Å². The maximum Gasteiger partial charge on any atom is 0.248 e. The van der Waals surface area contributed by atoms with E-state index in [0.29, 0.717) is 55.6 Å². The number of aryl methyl sites for hydroxylation is 2. The van der Waals surface area contributed by atoms with Gasteiger partial charge in [-0.15, -0.1) is 0 Å². The predicted molar refractivity (Wildman–Crippen MR) is 102 cm³/mol. The Morgan fingerprint density at radius 3 is 2.41 bits per heavy atom. The number of benzene rings is 1. The smallest absolute Gasteiger partial charge is 0.248 e. The number of oxazole rings is 1. The minimum Gasteiger partial charge on any atom is -0.444 e. The standard InChI is InChI=1S/C19H21FN4O4S/c1-13-18(14(2)28-22-13)29(25,26)24-9-7-23(8-10-24)11-17-12-27-19(21-17)15-3-5-16(20)6-4-15/h3-6,12H,7-11H2,1-2H3. The molecular formula is C19H21FN4O4S. The second kappa shape index (κ2) is 7.69. The quantitative estimate of drug-likeness (QED) is 0.626. The summed E-state index contributed by atoms with van der Waals surface area (Å²) in [5.74, 6) is 0.422. The van der Waals surface area contributed by atoms with E-state index in [1.165, 1.54) is 16.4 Å². The van der Waals surface area contributed by atoms with Gasteiger partial charge in [-0.05, 0) is 38.1 Å². The molecule has 154 valence electrons. The van der Waals surface area contributed by atoms with Crippen LogP contribution in [0.15, 0.2) is 44.4 Å². The molecule has 1 aliphatic heterocycles. The van der Waals surface area contributed by atoms with Crippen molar-refractivity contribution in [3.05, 3.63) is 53.5 Å². The Morgan fingerprint density at radius 1 is 1.10 bits per heavy atom. The number of piperazine rings is 1. The summed E-state index contributed by atoms with van der Waals surface area (Å²) < 4.78 is 50.8. The van der Waals surface area contributed by atoms with Gasteiger partial charge >= 0.3 is 0 Å². The Kier molecular flexibility index (Phi) is 5.24. The van der Waals surface area contributed by atoms with Gasteiger partial charge in [-0.2, -0.15) is 4.31 Å². The number of hydrogen-bond donors (Lipinski definition) is 0. The molecule has 0 N–H and O–H groups in total. The summed E-state index contributed by atoms with van der Waals surface area (Å²) >= 11 is 0. The first-order chi connectivity index (χ1) is 13.8. The zero-order valence-corrected chi connectivity index (χ0v) is 16.9. The van der Waals surface area contributed by atoms with Gasteiger partial charge in [0.1, 0.15) is 22.7 Å². The number of sulfonamides is 1. The van der Waals surface area contributed by atoms with Crippen LogP contribution < -0.4 is 0 Å². The molecule has 0 bridgehead atoms. The molecule has 0 radical (unpaired) electrons. The zero-order valence-electron chi connectivity index (χ0n) is 16.1. The van der Waals surface area contributed by atoms with Gasteiger partial charge in [-0.3, -0.25) is 4.90 Å². The monoisotopic (exact) mass is 420 g/mol. The molecule has 3 aromatic rings. The van der Waals surface area contributed by atoms with Crippen LogP contribution in [0.3, 0.4) is 0 Å². The van der Waals surface area contributed by atoms with Crippen molar-refractivity contribution in [1.82, 2.24) is 19.3 Å². The molecule has 0 atom stereocenters. The minimum absolute atomic E-state index is 0.159. The molecular weight excluding hydrogens is 399 g/mol. The van der Waals surface area contributed by atoms with E-state index in [4.69, 9.17) is 8.94 Å². The Bertz CT molecular complexity index is 1080. The van der Waals surface area contributed by atoms with Crippen LogP contribution in [-0.4, -0.2) is 53.9 Å². The van der Waals surface area contributed by atoms with E-state index in [-0.39, 0.29) is 10.7 Å². The van der Waals surface area contributed by atoms with Crippen molar-refractivity contribution in [2.24, 2.45) is 0 Å². The summed E-state index contributed by atoms with van der Waals surface area (Å²) in [4.78, 5) is 6.73. The van der Waals surface area contributed by atoms with E-state index in [1.807, 2.05) is 0 Å². The van der Waals surface area contributed by atoms with Crippen molar-refractivity contribution in [3.8, 4) is 11.5 Å². The molecule has 1 fully saturated rings. The fraction of sp³-hybridized carbons (Fsp3) is 0.368. The van der Waals surface area contributed by atoms with E-state index < -0.39 is 10.0 Å². The molecule has 1 saturated heterocycles. The lowest BCUT2D eigenvalue weighted by Crippen LogP contribution is -2.48. The Morgan fingerprint density at radius 2 is 1.79 bits per heavy atom. The average Bonchev–Trinajstić information content (AvgIpc) is 3.29. The summed E-state index contributed by atoms with van der Waals surface area (Å²) in [6, 6.07) is 5.95. The van der Waals surface area contributed by atoms with Gasteiger partial charge in [0.05, 0.1) is 5.69 Å². The molecule has 0 unspecified atom stereocenters. The van der Waals surface area contributed by atoms with E-state index >= 15 is 0 Å². The van der Waals surface area contributed by atoms with Gasteiger partial charge in [0.15, 0.2) is 5.76 Å². The lowest BCUT2D eigenvalue weighted by Gasteiger charge is -2.33. The van der Waals surface area contributed by atoms with Crippen LogP contribution in [0.1, 0.15) is 17.1 Å². The first-order valence-corrected chi connectivity index (χ1v) is 10.6. The highest BCUT2D eigenvalue weighted by Crippen LogP contribution is 2.25. The van der Waals surface area contributed by atoms with Crippen LogP contribution in [0.25, 0.3) is 11.5 Å². The summed E-state index contributed by atoms with van der Waals surface area (Å²) in [7, 11) is -3.63. The molecule has 1 aromatic carbocycles. The molecule has 0 amide bonds. The maximum absolute atomic E-state index is 13.1. The van der Waals surface area contributed by atoms with Crippen molar-refractivity contribution >= 4 is 10.0 Å². The van der Waals surface area contributed by atoms with Gasteiger partial charge in [0, 0.05) is 38.3 Å². The number of hydrogen-bond acceptors (Lipinski definition) is 7. The minimum atomic E-state index is -3.63. The second-order valence-electron chi connectivity index (χ2n) is 6.98. The molecule has 3 heterocycles. The third kappa shape index (κ3) is 3.96. The molecule has 8 nitrogen and oxygen atoms in total. The molecule has 0 spiro atoms. The average molecular weight is 420 g/mol. The van der Waals surface area contributed by atoms with Crippen LogP contribution in [0.5, 0.6) is 0 Å². The predicted octanol–water partition coefficient (Wildman–Crippen LogP) is 2.59. The summed E-state index contributed by atoms with van der Waals surface area (Å²) in [5, 5.41) is 3.75. The maximum atomic E-state index is 13.1. The molecule has 1 aliphatic rings. The lowest BCUT2D eigenvalue weighted by molar-refractivity contribution is 0.179. The highest BCUT2D eigenvalue weighted by molar-refractivity contribution is 7.89. The molecule has 2 aromatic heterocycles. The van der Waals surface area contributed by atoms with Crippen molar-refractivity contribution in [1.29, 1.82) is 0 Å². The topological polar surface area (TPSA) is 92.7 Å². The third-order valence-electron chi connectivity index (χ3n) is 4.93. The lowest BCUT2D eigenvalue weighted by atomic mass is 10.2. The number of aromatic nitrogens is 2. The summed E-state index contributed by atoms with van der Waals surface area (Å²) in [6.45, 7) is 5.66. The summed E-state index contributed by atoms with van der Waals surface area (Å²) in [6.07, 6.45) is 1.58. The summed E-state index contributed by atoms with van der Waals surface area (Å²) in [5.41, 5.74) is 1.82. The third-order valence-corrected chi connectivity index (χ3v) is 7.07. The number of nitrogens with zero attached hydrogens (tertiary/aromatic N) is 4. The highest BCUT2D eigenvalue weighted by Gasteiger charge is 2.33. The van der Waals surface area contributed by atoms with Crippen molar-refractivity contribution in [2.45, 2.75) is 25.3 Å². The largest absolute Gasteiger partial charge is 0.444 e.